The van der Waals surface area contributed by atoms with Crippen LogP contribution in [0.5, 0.6) is 5.75 Å². The van der Waals surface area contributed by atoms with Crippen molar-refractivity contribution in [2.75, 3.05) is 6.54 Å². The van der Waals surface area contributed by atoms with E-state index >= 15 is 0 Å². The van der Waals surface area contributed by atoms with Crippen LogP contribution in [-0.4, -0.2) is 48.2 Å². The molecule has 2 aromatic heterocycles. The van der Waals surface area contributed by atoms with Crippen LogP contribution in [0.1, 0.15) is 68.3 Å². The van der Waals surface area contributed by atoms with E-state index in [0.29, 0.717) is 18.4 Å². The Bertz CT molecular complexity index is 1150. The smallest absolute Gasteiger partial charge is 0.391 e. The van der Waals surface area contributed by atoms with E-state index in [0.717, 1.165) is 44.9 Å². The fourth-order valence-electron chi connectivity index (χ4n) is 4.30. The summed E-state index contributed by atoms with van der Waals surface area (Å²) in [7, 11) is 0. The van der Waals surface area contributed by atoms with Crippen molar-refractivity contribution in [1.29, 1.82) is 0 Å². The molecule has 0 bridgehead atoms. The Hall–Kier alpha value is -2.61. The van der Waals surface area contributed by atoms with E-state index in [1.807, 2.05) is 0 Å². The first-order chi connectivity index (χ1) is 18.3. The SMILES string of the molecule is CCc1nc(C(=O)NCC2CCC(C)CC2)c(Cl)n1-c1ncc(C[C@H](C)C(F)(F)F)cc1OC(F)F.O=S=O. The van der Waals surface area contributed by atoms with E-state index in [1.54, 1.807) is 6.92 Å². The molecule has 2 aromatic rings. The van der Waals surface area contributed by atoms with E-state index in [9.17, 15) is 26.7 Å². The van der Waals surface area contributed by atoms with Crippen molar-refractivity contribution >= 4 is 29.1 Å². The van der Waals surface area contributed by atoms with Gasteiger partial charge in [0.2, 0.25) is 0 Å². The fourth-order valence-corrected chi connectivity index (χ4v) is 4.61. The summed E-state index contributed by atoms with van der Waals surface area (Å²) in [4.78, 5) is 21.2. The summed E-state index contributed by atoms with van der Waals surface area (Å²) in [5.74, 6) is -1.57. The first-order valence-corrected chi connectivity index (χ1v) is 13.3. The third-order valence-electron chi connectivity index (χ3n) is 6.53. The maximum absolute atomic E-state index is 13.2. The van der Waals surface area contributed by atoms with Crippen LogP contribution in [-0.2, 0) is 24.4 Å². The van der Waals surface area contributed by atoms with Gasteiger partial charge in [0.1, 0.15) is 11.0 Å². The molecule has 0 saturated heterocycles. The Morgan fingerprint density at radius 3 is 2.41 bits per heavy atom. The average molecular weight is 601 g/mol. The highest BCUT2D eigenvalue weighted by Crippen LogP contribution is 2.33. The number of ether oxygens (including phenoxy) is 1. The van der Waals surface area contributed by atoms with Crippen LogP contribution in [0.15, 0.2) is 12.3 Å². The summed E-state index contributed by atoms with van der Waals surface area (Å²) in [6.07, 6.45) is 0.735. The lowest BCUT2D eigenvalue weighted by Crippen LogP contribution is -2.31. The first kappa shape index (κ1) is 32.6. The van der Waals surface area contributed by atoms with Gasteiger partial charge in [-0.1, -0.05) is 45.2 Å². The number of pyridine rings is 1. The maximum atomic E-state index is 13.2. The number of hydrogen-bond acceptors (Lipinski definition) is 6. The maximum Gasteiger partial charge on any atom is 0.391 e. The minimum Gasteiger partial charge on any atom is -0.431 e. The Kier molecular flexibility index (Phi) is 12.3. The zero-order valence-corrected chi connectivity index (χ0v) is 23.1. The lowest BCUT2D eigenvalue weighted by atomic mass is 9.83. The quantitative estimate of drug-likeness (QED) is 0.370. The van der Waals surface area contributed by atoms with Gasteiger partial charge in [-0.3, -0.25) is 9.36 Å². The van der Waals surface area contributed by atoms with Gasteiger partial charge in [0.05, 0.1) is 5.92 Å². The molecule has 0 spiro atoms. The fraction of sp³-hybridized carbons (Fsp3) is 0.625. The molecule has 1 aliphatic carbocycles. The number of halogens is 6. The van der Waals surface area contributed by atoms with Crippen LogP contribution in [0.3, 0.4) is 0 Å². The molecule has 1 fully saturated rings. The van der Waals surface area contributed by atoms with E-state index in [-0.39, 0.29) is 34.5 Å². The summed E-state index contributed by atoms with van der Waals surface area (Å²) >= 11 is 5.73. The Morgan fingerprint density at radius 2 is 1.87 bits per heavy atom. The summed E-state index contributed by atoms with van der Waals surface area (Å²) in [5, 5.41) is 2.71. The number of nitrogens with one attached hydrogen (secondary N) is 1. The van der Waals surface area contributed by atoms with Gasteiger partial charge < -0.3 is 10.1 Å². The minimum absolute atomic E-state index is 0.0632. The van der Waals surface area contributed by atoms with Gasteiger partial charge >= 0.3 is 24.4 Å². The molecule has 0 aliphatic heterocycles. The van der Waals surface area contributed by atoms with Crippen LogP contribution < -0.4 is 10.1 Å². The van der Waals surface area contributed by atoms with Gasteiger partial charge in [-0.15, -0.1) is 0 Å². The molecule has 15 heteroatoms. The molecule has 0 unspecified atom stereocenters. The summed E-state index contributed by atoms with van der Waals surface area (Å²) < 4.78 is 87.6. The third-order valence-corrected chi connectivity index (χ3v) is 6.87. The number of carbonyl (C=O) groups is 1. The van der Waals surface area contributed by atoms with E-state index in [4.69, 9.17) is 20.0 Å². The first-order valence-electron chi connectivity index (χ1n) is 12.3. The molecule has 1 amide bonds. The number of hydrogen-bond donors (Lipinski definition) is 1. The summed E-state index contributed by atoms with van der Waals surface area (Å²) in [5.41, 5.74) is -0.0226. The molecule has 218 valence electrons. The highest BCUT2D eigenvalue weighted by atomic mass is 35.5. The lowest BCUT2D eigenvalue weighted by molar-refractivity contribution is -0.169. The Morgan fingerprint density at radius 1 is 1.26 bits per heavy atom. The van der Waals surface area contributed by atoms with Crippen LogP contribution in [0.2, 0.25) is 5.15 Å². The van der Waals surface area contributed by atoms with Gasteiger partial charge in [0.25, 0.3) is 5.91 Å². The molecule has 39 heavy (non-hydrogen) atoms. The van der Waals surface area contributed by atoms with Gasteiger partial charge in [-0.05, 0) is 42.7 Å². The summed E-state index contributed by atoms with van der Waals surface area (Å²) in [6.45, 7) is 2.14. The number of aryl methyl sites for hydroxylation is 1. The molecule has 3 rings (SSSR count). The molecular formula is C24H30ClF5N4O4S. The van der Waals surface area contributed by atoms with Crippen molar-refractivity contribution < 1.29 is 39.9 Å². The second kappa shape index (κ2) is 14.7. The van der Waals surface area contributed by atoms with Crippen molar-refractivity contribution in [2.45, 2.75) is 72.1 Å². The van der Waals surface area contributed by atoms with Crippen LogP contribution in [0, 0.1) is 17.8 Å². The highest BCUT2D eigenvalue weighted by molar-refractivity contribution is 7.51. The number of amides is 1. The van der Waals surface area contributed by atoms with Crippen LogP contribution in [0.4, 0.5) is 22.0 Å². The molecule has 2 heterocycles. The number of nitrogens with zero attached hydrogens (tertiary/aromatic N) is 3. The van der Waals surface area contributed by atoms with Crippen molar-refractivity contribution in [1.82, 2.24) is 19.9 Å². The average Bonchev–Trinajstić information content (AvgIpc) is 3.19. The predicted octanol–water partition coefficient (Wildman–Crippen LogP) is 5.71. The zero-order valence-electron chi connectivity index (χ0n) is 21.6. The third kappa shape index (κ3) is 9.23. The van der Waals surface area contributed by atoms with Crippen molar-refractivity contribution in [3.8, 4) is 11.6 Å². The molecule has 0 radical (unpaired) electrons. The Balaban J connectivity index is 0.00000170. The van der Waals surface area contributed by atoms with Crippen LogP contribution >= 0.6 is 11.6 Å². The van der Waals surface area contributed by atoms with Gasteiger partial charge in [0.15, 0.2) is 17.3 Å². The molecule has 0 aromatic carbocycles. The van der Waals surface area contributed by atoms with E-state index in [2.05, 4.69) is 26.9 Å². The minimum atomic E-state index is -4.45. The molecule has 1 aliphatic rings. The number of rotatable bonds is 9. The second-order valence-corrected chi connectivity index (χ2v) is 9.95. The van der Waals surface area contributed by atoms with Gasteiger partial charge in [-0.2, -0.15) is 30.4 Å². The summed E-state index contributed by atoms with van der Waals surface area (Å²) in [6, 6.07) is 1.08. The standard InChI is InChI=1S/C24H30ClF5N4O2.O2S/c1-4-18-33-19(22(35)32-11-15-7-5-13(2)6-8-15)20(25)34(18)21-17(36-23(26)27)10-16(12-31-21)9-14(3)24(28,29)30;1-3-2/h10,12-15,23H,4-9,11H2,1-3H3,(H,32,35);/t13?,14-,15?;/m0./s1. The van der Waals surface area contributed by atoms with Crippen molar-refractivity contribution in [3.63, 3.8) is 0 Å². The molecule has 8 nitrogen and oxygen atoms in total. The predicted molar refractivity (Wildman–Crippen MR) is 134 cm³/mol. The van der Waals surface area contributed by atoms with E-state index < -0.39 is 48.4 Å². The number of carbonyl (C=O) groups excluding carboxylic acids is 1. The van der Waals surface area contributed by atoms with E-state index in [1.165, 1.54) is 4.57 Å². The number of aromatic nitrogens is 3. The molecule has 1 saturated carbocycles. The second-order valence-electron chi connectivity index (χ2n) is 9.45. The monoisotopic (exact) mass is 600 g/mol. The van der Waals surface area contributed by atoms with Crippen molar-refractivity contribution in [2.24, 2.45) is 17.8 Å². The lowest BCUT2D eigenvalue weighted by Gasteiger charge is -2.26. The normalized spacial score (nSPS) is 18.2. The zero-order chi connectivity index (χ0) is 29.3. The van der Waals surface area contributed by atoms with Crippen molar-refractivity contribution in [3.05, 3.63) is 34.5 Å². The highest BCUT2D eigenvalue weighted by Gasteiger charge is 2.36. The molecular weight excluding hydrogens is 571 g/mol. The molecule has 1 atom stereocenters. The van der Waals surface area contributed by atoms with Crippen LogP contribution in [0.25, 0.3) is 5.82 Å². The molecule has 1 N–H and O–H groups in total. The Labute approximate surface area is 231 Å². The number of alkyl halides is 5. The van der Waals surface area contributed by atoms with Gasteiger partial charge in [-0.25, -0.2) is 9.97 Å². The largest absolute Gasteiger partial charge is 0.431 e. The van der Waals surface area contributed by atoms with Gasteiger partial charge in [0, 0.05) is 19.2 Å². The topological polar surface area (TPSA) is 103 Å². The number of imidazole rings is 1.